The van der Waals surface area contributed by atoms with Crippen molar-refractivity contribution in [3.05, 3.63) is 91.9 Å². The molecule has 0 bridgehead atoms. The number of carbonyl (C=O) groups is 2. The molecule has 39 heavy (non-hydrogen) atoms. The van der Waals surface area contributed by atoms with Crippen LogP contribution in [0.1, 0.15) is 48.7 Å². The lowest BCUT2D eigenvalue weighted by Gasteiger charge is -2.19. The predicted octanol–water partition coefficient (Wildman–Crippen LogP) is 7.03. The number of hydrazone groups is 1. The van der Waals surface area contributed by atoms with Crippen molar-refractivity contribution in [3.8, 4) is 11.5 Å². The second kappa shape index (κ2) is 14.9. The zero-order valence-corrected chi connectivity index (χ0v) is 24.9. The van der Waals surface area contributed by atoms with E-state index in [9.17, 15) is 9.59 Å². The van der Waals surface area contributed by atoms with Crippen LogP contribution in [0.2, 0.25) is 10.0 Å². The third-order valence-electron chi connectivity index (χ3n) is 5.45. The summed E-state index contributed by atoms with van der Waals surface area (Å²) in [7, 11) is 0. The van der Waals surface area contributed by atoms with Crippen LogP contribution in [-0.4, -0.2) is 30.7 Å². The van der Waals surface area contributed by atoms with E-state index in [0.29, 0.717) is 56.8 Å². The van der Waals surface area contributed by atoms with Crippen molar-refractivity contribution in [1.82, 2.24) is 10.7 Å². The van der Waals surface area contributed by atoms with Crippen LogP contribution in [0.4, 0.5) is 0 Å². The molecular weight excluding hydrogens is 605 g/mol. The van der Waals surface area contributed by atoms with E-state index >= 15 is 0 Å². The number of hydrogen-bond acceptors (Lipinski definition) is 5. The summed E-state index contributed by atoms with van der Waals surface area (Å²) in [5.41, 5.74) is 4.58. The zero-order valence-electron chi connectivity index (χ0n) is 21.8. The Kier molecular flexibility index (Phi) is 11.7. The fourth-order valence-electron chi connectivity index (χ4n) is 3.60. The maximum absolute atomic E-state index is 12.9. The van der Waals surface area contributed by atoms with Gasteiger partial charge in [-0.05, 0) is 94.9 Å². The third-order valence-corrected chi connectivity index (χ3v) is 6.54. The Morgan fingerprint density at radius 2 is 1.64 bits per heavy atom. The van der Waals surface area contributed by atoms with Crippen LogP contribution in [0.15, 0.2) is 70.2 Å². The molecule has 2 amide bonds. The molecule has 0 heterocycles. The molecule has 206 valence electrons. The molecule has 0 aliphatic heterocycles. The van der Waals surface area contributed by atoms with Gasteiger partial charge in [-0.25, -0.2) is 5.43 Å². The number of ether oxygens (including phenoxy) is 2. The standard InChI is InChI=1S/C29H30BrCl2N3O4/c1-4-38-26-15-20(14-24(30)27(26)39-17-19-5-9-22(31)10-6-19)16-33-35-29(37)25(13-18(2)3)34-28(36)21-7-11-23(32)12-8-21/h5-12,14-16,18,25H,4,13,17H2,1-3H3,(H,34,36)(H,35,37). The summed E-state index contributed by atoms with van der Waals surface area (Å²) in [4.78, 5) is 25.6. The van der Waals surface area contributed by atoms with Crippen LogP contribution in [0, 0.1) is 5.92 Å². The molecule has 3 rings (SSSR count). The summed E-state index contributed by atoms with van der Waals surface area (Å²) in [6.07, 6.45) is 1.95. The average molecular weight is 635 g/mol. The lowest BCUT2D eigenvalue weighted by Crippen LogP contribution is -2.46. The highest BCUT2D eigenvalue weighted by atomic mass is 79.9. The topological polar surface area (TPSA) is 89.0 Å². The van der Waals surface area contributed by atoms with E-state index in [0.717, 1.165) is 5.56 Å². The van der Waals surface area contributed by atoms with Gasteiger partial charge in [-0.1, -0.05) is 49.2 Å². The van der Waals surface area contributed by atoms with Crippen molar-refractivity contribution in [1.29, 1.82) is 0 Å². The van der Waals surface area contributed by atoms with Crippen LogP contribution in [0.3, 0.4) is 0 Å². The fourth-order valence-corrected chi connectivity index (χ4v) is 4.42. The summed E-state index contributed by atoms with van der Waals surface area (Å²) in [6.45, 7) is 6.59. The van der Waals surface area contributed by atoms with Gasteiger partial charge in [0.15, 0.2) is 11.5 Å². The molecule has 3 aromatic rings. The Morgan fingerprint density at radius 3 is 2.26 bits per heavy atom. The molecular formula is C29H30BrCl2N3O4. The minimum absolute atomic E-state index is 0.167. The van der Waals surface area contributed by atoms with Crippen molar-refractivity contribution in [3.63, 3.8) is 0 Å². The molecule has 0 aromatic heterocycles. The second-order valence-electron chi connectivity index (χ2n) is 9.07. The summed E-state index contributed by atoms with van der Waals surface area (Å²) in [5, 5.41) is 8.08. The SMILES string of the molecule is CCOc1cc(C=NNC(=O)C(CC(C)C)NC(=O)c2ccc(Cl)cc2)cc(Br)c1OCc1ccc(Cl)cc1. The lowest BCUT2D eigenvalue weighted by atomic mass is 10.0. The second-order valence-corrected chi connectivity index (χ2v) is 10.8. The van der Waals surface area contributed by atoms with E-state index in [2.05, 4.69) is 31.8 Å². The Hall–Kier alpha value is -3.07. The normalized spacial score (nSPS) is 11.9. The summed E-state index contributed by atoms with van der Waals surface area (Å²) in [6, 6.07) is 16.7. The van der Waals surface area contributed by atoms with Gasteiger partial charge in [0.1, 0.15) is 12.6 Å². The van der Waals surface area contributed by atoms with E-state index in [1.165, 1.54) is 6.21 Å². The van der Waals surface area contributed by atoms with Gasteiger partial charge in [0.25, 0.3) is 11.8 Å². The molecule has 1 unspecified atom stereocenters. The summed E-state index contributed by atoms with van der Waals surface area (Å²) >= 11 is 15.4. The molecule has 3 aromatic carbocycles. The van der Waals surface area contributed by atoms with Gasteiger partial charge in [-0.2, -0.15) is 5.10 Å². The van der Waals surface area contributed by atoms with Gasteiger partial charge in [-0.15, -0.1) is 0 Å². The molecule has 7 nitrogen and oxygen atoms in total. The average Bonchev–Trinajstić information content (AvgIpc) is 2.89. The maximum Gasteiger partial charge on any atom is 0.262 e. The number of hydrogen-bond donors (Lipinski definition) is 2. The van der Waals surface area contributed by atoms with E-state index in [-0.39, 0.29) is 11.8 Å². The summed E-state index contributed by atoms with van der Waals surface area (Å²) < 4.78 is 12.5. The number of benzene rings is 3. The van der Waals surface area contributed by atoms with E-state index in [1.807, 2.05) is 39.0 Å². The molecule has 0 saturated heterocycles. The van der Waals surface area contributed by atoms with Crippen molar-refractivity contribution < 1.29 is 19.1 Å². The maximum atomic E-state index is 12.9. The Balaban J connectivity index is 1.68. The first kappa shape index (κ1) is 30.5. The van der Waals surface area contributed by atoms with E-state index in [4.69, 9.17) is 32.7 Å². The minimum atomic E-state index is -0.764. The number of nitrogens with zero attached hydrogens (tertiary/aromatic N) is 1. The largest absolute Gasteiger partial charge is 0.490 e. The molecule has 0 spiro atoms. The fraction of sp³-hybridized carbons (Fsp3) is 0.276. The van der Waals surface area contributed by atoms with Crippen molar-refractivity contribution in [2.24, 2.45) is 11.0 Å². The Morgan fingerprint density at radius 1 is 1.00 bits per heavy atom. The number of amides is 2. The number of halogens is 3. The molecule has 0 saturated carbocycles. The lowest BCUT2D eigenvalue weighted by molar-refractivity contribution is -0.123. The highest BCUT2D eigenvalue weighted by molar-refractivity contribution is 9.10. The van der Waals surface area contributed by atoms with Crippen LogP contribution in [0.5, 0.6) is 11.5 Å². The predicted molar refractivity (Wildman–Crippen MR) is 159 cm³/mol. The van der Waals surface area contributed by atoms with Crippen molar-refractivity contribution in [2.75, 3.05) is 6.61 Å². The molecule has 2 N–H and O–H groups in total. The first-order chi connectivity index (χ1) is 18.7. The number of carbonyl (C=O) groups excluding carboxylic acids is 2. The molecule has 0 radical (unpaired) electrons. The van der Waals surface area contributed by atoms with Gasteiger partial charge < -0.3 is 14.8 Å². The van der Waals surface area contributed by atoms with E-state index in [1.54, 1.807) is 42.5 Å². The van der Waals surface area contributed by atoms with Gasteiger partial charge in [0, 0.05) is 15.6 Å². The molecule has 0 fully saturated rings. The first-order valence-corrected chi connectivity index (χ1v) is 13.9. The van der Waals surface area contributed by atoms with Crippen molar-refractivity contribution in [2.45, 2.75) is 39.8 Å². The third kappa shape index (κ3) is 9.56. The number of nitrogens with one attached hydrogen (secondary N) is 2. The molecule has 1 atom stereocenters. The van der Waals surface area contributed by atoms with Crippen LogP contribution in [-0.2, 0) is 11.4 Å². The van der Waals surface area contributed by atoms with Gasteiger partial charge in [0.05, 0.1) is 17.3 Å². The quantitative estimate of drug-likeness (QED) is 0.165. The van der Waals surface area contributed by atoms with Gasteiger partial charge in [0.2, 0.25) is 0 Å². The highest BCUT2D eigenvalue weighted by Crippen LogP contribution is 2.37. The van der Waals surface area contributed by atoms with Gasteiger partial charge in [-0.3, -0.25) is 9.59 Å². The first-order valence-electron chi connectivity index (χ1n) is 12.4. The molecule has 0 aliphatic rings. The Labute approximate surface area is 247 Å². The molecule has 10 heteroatoms. The zero-order chi connectivity index (χ0) is 28.4. The minimum Gasteiger partial charge on any atom is -0.490 e. The van der Waals surface area contributed by atoms with E-state index < -0.39 is 11.9 Å². The highest BCUT2D eigenvalue weighted by Gasteiger charge is 2.22. The number of rotatable bonds is 12. The van der Waals surface area contributed by atoms with Crippen molar-refractivity contribution >= 4 is 57.2 Å². The van der Waals surface area contributed by atoms with Gasteiger partial charge >= 0.3 is 0 Å². The monoisotopic (exact) mass is 633 g/mol. The van der Waals surface area contributed by atoms with Crippen LogP contribution < -0.4 is 20.2 Å². The smallest absolute Gasteiger partial charge is 0.262 e. The van der Waals surface area contributed by atoms with Crippen LogP contribution >= 0.6 is 39.1 Å². The van der Waals surface area contributed by atoms with Crippen LogP contribution in [0.25, 0.3) is 0 Å². The molecule has 0 aliphatic carbocycles. The Bertz CT molecular complexity index is 1300. The summed E-state index contributed by atoms with van der Waals surface area (Å²) in [5.74, 6) is 0.460.